The van der Waals surface area contributed by atoms with Gasteiger partial charge in [0.2, 0.25) is 0 Å². The number of hydrogen-bond acceptors (Lipinski definition) is 2. The van der Waals surface area contributed by atoms with Crippen molar-refractivity contribution in [1.82, 2.24) is 9.99 Å². The summed E-state index contributed by atoms with van der Waals surface area (Å²) >= 11 is 3.48. The van der Waals surface area contributed by atoms with Crippen LogP contribution < -0.4 is 5.43 Å². The SMILES string of the molecule is Cc1ccccc1C(=O)N/N=C/c1cn(Cc2ccc(Br)cc2)c2ccccc12. The lowest BCUT2D eigenvalue weighted by atomic mass is 10.1. The van der Waals surface area contributed by atoms with E-state index in [4.69, 9.17) is 0 Å². The lowest BCUT2D eigenvalue weighted by Gasteiger charge is -2.05. The first kappa shape index (κ1) is 19.2. The average Bonchev–Trinajstić information content (AvgIpc) is 3.08. The highest BCUT2D eigenvalue weighted by Gasteiger charge is 2.09. The summed E-state index contributed by atoms with van der Waals surface area (Å²) in [5.74, 6) is -0.210. The van der Waals surface area contributed by atoms with Crippen molar-refractivity contribution in [3.8, 4) is 0 Å². The van der Waals surface area contributed by atoms with Gasteiger partial charge in [0.1, 0.15) is 0 Å². The monoisotopic (exact) mass is 445 g/mol. The maximum atomic E-state index is 12.4. The molecule has 0 unspecified atom stereocenters. The first-order chi connectivity index (χ1) is 14.1. The fourth-order valence-corrected chi connectivity index (χ4v) is 3.61. The number of halogens is 1. The molecule has 0 saturated heterocycles. The van der Waals surface area contributed by atoms with Gasteiger partial charge >= 0.3 is 0 Å². The summed E-state index contributed by atoms with van der Waals surface area (Å²) in [6.07, 6.45) is 3.77. The molecule has 0 aliphatic carbocycles. The van der Waals surface area contributed by atoms with Crippen LogP contribution >= 0.6 is 15.9 Å². The lowest BCUT2D eigenvalue weighted by molar-refractivity contribution is 0.0954. The summed E-state index contributed by atoms with van der Waals surface area (Å²) < 4.78 is 3.26. The molecule has 1 amide bonds. The molecule has 0 aliphatic rings. The molecule has 4 rings (SSSR count). The van der Waals surface area contributed by atoms with Crippen molar-refractivity contribution in [2.24, 2.45) is 5.10 Å². The van der Waals surface area contributed by atoms with Crippen LogP contribution in [0.3, 0.4) is 0 Å². The van der Waals surface area contributed by atoms with Gasteiger partial charge in [0.15, 0.2) is 0 Å². The second-order valence-electron chi connectivity index (χ2n) is 6.87. The molecule has 1 heterocycles. The second-order valence-corrected chi connectivity index (χ2v) is 7.79. The molecule has 5 heteroatoms. The van der Waals surface area contributed by atoms with Crippen LogP contribution in [0.15, 0.2) is 88.6 Å². The highest BCUT2D eigenvalue weighted by Crippen LogP contribution is 2.22. The number of para-hydroxylation sites is 1. The quantitative estimate of drug-likeness (QED) is 0.318. The van der Waals surface area contributed by atoms with Crippen molar-refractivity contribution in [2.45, 2.75) is 13.5 Å². The third-order valence-electron chi connectivity index (χ3n) is 4.85. The van der Waals surface area contributed by atoms with Crippen LogP contribution in [0.4, 0.5) is 0 Å². The molecule has 1 aromatic heterocycles. The van der Waals surface area contributed by atoms with E-state index in [1.807, 2.05) is 49.4 Å². The normalized spacial score (nSPS) is 11.2. The van der Waals surface area contributed by atoms with Gasteiger partial charge in [-0.25, -0.2) is 5.43 Å². The molecular formula is C24H20BrN3O. The molecule has 0 radical (unpaired) electrons. The van der Waals surface area contributed by atoms with Crippen molar-refractivity contribution < 1.29 is 4.79 Å². The first-order valence-electron chi connectivity index (χ1n) is 9.33. The highest BCUT2D eigenvalue weighted by atomic mass is 79.9. The summed E-state index contributed by atoms with van der Waals surface area (Å²) in [6, 6.07) is 24.0. The van der Waals surface area contributed by atoms with E-state index < -0.39 is 0 Å². The standard InChI is InChI=1S/C24H20BrN3O/c1-17-6-2-3-7-21(17)24(29)27-26-14-19-16-28(23-9-5-4-8-22(19)23)15-18-10-12-20(25)13-11-18/h2-14,16H,15H2,1H3,(H,27,29)/b26-14+. The molecule has 0 saturated carbocycles. The number of aryl methyl sites for hydroxylation is 1. The minimum Gasteiger partial charge on any atom is -0.342 e. The molecule has 1 N–H and O–H groups in total. The van der Waals surface area contributed by atoms with E-state index in [2.05, 4.69) is 61.5 Å². The van der Waals surface area contributed by atoms with Crippen LogP contribution in [0, 0.1) is 6.92 Å². The maximum Gasteiger partial charge on any atom is 0.271 e. The summed E-state index contributed by atoms with van der Waals surface area (Å²) in [4.78, 5) is 12.4. The zero-order chi connectivity index (χ0) is 20.2. The number of rotatable bonds is 5. The van der Waals surface area contributed by atoms with Gasteiger partial charge in [0.25, 0.3) is 5.91 Å². The van der Waals surface area contributed by atoms with Gasteiger partial charge in [-0.1, -0.05) is 64.5 Å². The number of fused-ring (bicyclic) bond motifs is 1. The number of hydrogen-bond donors (Lipinski definition) is 1. The fraction of sp³-hybridized carbons (Fsp3) is 0.0833. The largest absolute Gasteiger partial charge is 0.342 e. The predicted octanol–water partition coefficient (Wildman–Crippen LogP) is 5.52. The summed E-state index contributed by atoms with van der Waals surface area (Å²) in [7, 11) is 0. The van der Waals surface area contributed by atoms with E-state index in [9.17, 15) is 4.79 Å². The molecule has 3 aromatic carbocycles. The van der Waals surface area contributed by atoms with Crippen molar-refractivity contribution in [3.63, 3.8) is 0 Å². The van der Waals surface area contributed by atoms with E-state index in [-0.39, 0.29) is 5.91 Å². The summed E-state index contributed by atoms with van der Waals surface area (Å²) in [5, 5.41) is 5.29. The molecule has 4 nitrogen and oxygen atoms in total. The van der Waals surface area contributed by atoms with Gasteiger partial charge in [-0.2, -0.15) is 5.10 Å². The second kappa shape index (κ2) is 8.45. The van der Waals surface area contributed by atoms with Crippen molar-refractivity contribution in [3.05, 3.63) is 106 Å². The van der Waals surface area contributed by atoms with Crippen molar-refractivity contribution >= 4 is 39.0 Å². The number of amides is 1. The number of benzene rings is 3. The van der Waals surface area contributed by atoms with Crippen LogP contribution in [0.5, 0.6) is 0 Å². The smallest absolute Gasteiger partial charge is 0.271 e. The molecule has 29 heavy (non-hydrogen) atoms. The molecule has 0 bridgehead atoms. The predicted molar refractivity (Wildman–Crippen MR) is 121 cm³/mol. The Morgan fingerprint density at radius 3 is 2.55 bits per heavy atom. The topological polar surface area (TPSA) is 46.4 Å². The van der Waals surface area contributed by atoms with Gasteiger partial charge in [-0.15, -0.1) is 0 Å². The van der Waals surface area contributed by atoms with Crippen LogP contribution in [-0.2, 0) is 6.54 Å². The van der Waals surface area contributed by atoms with Crippen LogP contribution in [0.1, 0.15) is 27.0 Å². The zero-order valence-corrected chi connectivity index (χ0v) is 17.6. The van der Waals surface area contributed by atoms with Crippen LogP contribution in [0.25, 0.3) is 10.9 Å². The van der Waals surface area contributed by atoms with Gasteiger partial charge < -0.3 is 4.57 Å². The molecule has 0 fully saturated rings. The molecule has 4 aromatic rings. The van der Waals surface area contributed by atoms with Gasteiger partial charge in [-0.05, 0) is 42.3 Å². The number of carbonyl (C=O) groups excluding carboxylic acids is 1. The van der Waals surface area contributed by atoms with Gasteiger partial charge in [-0.3, -0.25) is 4.79 Å². The Balaban J connectivity index is 1.57. The Hall–Kier alpha value is -3.18. The number of aromatic nitrogens is 1. The average molecular weight is 446 g/mol. The number of carbonyl (C=O) groups is 1. The van der Waals surface area contributed by atoms with E-state index in [0.717, 1.165) is 33.0 Å². The van der Waals surface area contributed by atoms with Crippen LogP contribution in [-0.4, -0.2) is 16.7 Å². The third-order valence-corrected chi connectivity index (χ3v) is 5.37. The molecular weight excluding hydrogens is 426 g/mol. The Labute approximate surface area is 178 Å². The molecule has 0 spiro atoms. The van der Waals surface area contributed by atoms with E-state index in [1.54, 1.807) is 12.3 Å². The van der Waals surface area contributed by atoms with Crippen molar-refractivity contribution in [1.29, 1.82) is 0 Å². The van der Waals surface area contributed by atoms with Gasteiger partial charge in [0, 0.05) is 39.2 Å². The number of nitrogens with one attached hydrogen (secondary N) is 1. The fourth-order valence-electron chi connectivity index (χ4n) is 3.34. The van der Waals surface area contributed by atoms with E-state index in [0.29, 0.717) is 5.56 Å². The van der Waals surface area contributed by atoms with Crippen molar-refractivity contribution in [2.75, 3.05) is 0 Å². The number of hydrazone groups is 1. The Bertz CT molecular complexity index is 1190. The van der Waals surface area contributed by atoms with Gasteiger partial charge in [0.05, 0.1) is 6.21 Å². The Morgan fingerprint density at radius 2 is 1.76 bits per heavy atom. The number of nitrogens with zero attached hydrogens (tertiary/aromatic N) is 2. The zero-order valence-electron chi connectivity index (χ0n) is 16.0. The molecule has 144 valence electrons. The summed E-state index contributed by atoms with van der Waals surface area (Å²) in [6.45, 7) is 2.67. The highest BCUT2D eigenvalue weighted by molar-refractivity contribution is 9.10. The maximum absolute atomic E-state index is 12.4. The third kappa shape index (κ3) is 4.30. The summed E-state index contributed by atoms with van der Waals surface area (Å²) in [5.41, 5.74) is 7.48. The molecule has 0 aliphatic heterocycles. The molecule has 0 atom stereocenters. The Kier molecular flexibility index (Phi) is 5.58. The minimum absolute atomic E-state index is 0.210. The van der Waals surface area contributed by atoms with E-state index in [1.165, 1.54) is 5.56 Å². The minimum atomic E-state index is -0.210. The van der Waals surface area contributed by atoms with Crippen LogP contribution in [0.2, 0.25) is 0 Å². The lowest BCUT2D eigenvalue weighted by Crippen LogP contribution is -2.18. The first-order valence-corrected chi connectivity index (χ1v) is 10.1. The Morgan fingerprint density at radius 1 is 1.03 bits per heavy atom. The van der Waals surface area contributed by atoms with E-state index >= 15 is 0 Å².